The summed E-state index contributed by atoms with van der Waals surface area (Å²) in [5.74, 6) is 1.58. The molecule has 2 heterocycles. The minimum atomic E-state index is -0.441. The second kappa shape index (κ2) is 8.84. The van der Waals surface area contributed by atoms with Gasteiger partial charge in [-0.25, -0.2) is 0 Å². The quantitative estimate of drug-likeness (QED) is 0.812. The Morgan fingerprint density at radius 3 is 2.72 bits per heavy atom. The Balaban J connectivity index is 1.66. The van der Waals surface area contributed by atoms with Crippen LogP contribution in [0.5, 0.6) is 11.5 Å². The van der Waals surface area contributed by atoms with E-state index in [2.05, 4.69) is 0 Å². The zero-order valence-corrected chi connectivity index (χ0v) is 16.8. The van der Waals surface area contributed by atoms with Gasteiger partial charge in [-0.05, 0) is 36.6 Å². The Kier molecular flexibility index (Phi) is 6.02. The Morgan fingerprint density at radius 1 is 1.17 bits per heavy atom. The molecule has 3 atom stereocenters. The van der Waals surface area contributed by atoms with Crippen LogP contribution in [0.25, 0.3) is 0 Å². The fraction of sp³-hybridized carbons (Fsp3) is 0.435. The number of rotatable bonds is 6. The van der Waals surface area contributed by atoms with E-state index in [1.807, 2.05) is 53.4 Å². The summed E-state index contributed by atoms with van der Waals surface area (Å²) in [6.07, 6.45) is 1.78. The van der Waals surface area contributed by atoms with Crippen molar-refractivity contribution in [2.75, 3.05) is 20.3 Å². The van der Waals surface area contributed by atoms with E-state index in [1.54, 1.807) is 7.11 Å². The molecule has 2 aromatic carbocycles. The number of hydrogen-bond acceptors (Lipinski definition) is 5. The molecule has 6 heteroatoms. The number of methoxy groups -OCH3 is 1. The number of ether oxygens (including phenoxy) is 3. The van der Waals surface area contributed by atoms with Gasteiger partial charge in [0.1, 0.15) is 17.6 Å². The maximum atomic E-state index is 13.6. The van der Waals surface area contributed by atoms with Gasteiger partial charge in [0.25, 0.3) is 5.91 Å². The lowest BCUT2D eigenvalue weighted by molar-refractivity contribution is -0.146. The van der Waals surface area contributed by atoms with Crippen LogP contribution in [-0.2, 0) is 16.1 Å². The highest BCUT2D eigenvalue weighted by Gasteiger charge is 2.38. The van der Waals surface area contributed by atoms with Gasteiger partial charge in [0.15, 0.2) is 0 Å². The van der Waals surface area contributed by atoms with Crippen LogP contribution in [0.1, 0.15) is 36.4 Å². The number of benzene rings is 2. The van der Waals surface area contributed by atoms with E-state index in [-0.39, 0.29) is 18.1 Å². The smallest absolute Gasteiger partial charge is 0.252 e. The van der Waals surface area contributed by atoms with Crippen LogP contribution >= 0.6 is 0 Å². The van der Waals surface area contributed by atoms with Crippen molar-refractivity contribution >= 4 is 5.91 Å². The highest BCUT2D eigenvalue weighted by Crippen LogP contribution is 2.40. The predicted octanol–water partition coefficient (Wildman–Crippen LogP) is 3.05. The fourth-order valence-electron chi connectivity index (χ4n) is 4.17. The summed E-state index contributed by atoms with van der Waals surface area (Å²) >= 11 is 0. The number of amides is 1. The first kappa shape index (κ1) is 19.7. The Hall–Kier alpha value is -2.57. The number of hydrogen-bond donors (Lipinski definition) is 1. The molecule has 2 aliphatic rings. The minimum Gasteiger partial charge on any atom is -0.497 e. The molecule has 0 aromatic heterocycles. The molecule has 0 saturated carbocycles. The Bertz CT molecular complexity index is 842. The third kappa shape index (κ3) is 4.23. The standard InChI is InChI=1S/C23H28N2O4/c1-27-17-7-9-21-19(13-17)20(11-12-28-21)25(15-16-5-3-2-4-6-16)23(26)22-10-8-18(14-24)29-22/h2-7,9,13,18,20,22H,8,10-12,14-15,24H2,1H3/t18-,20?,22+/m1/s1. The van der Waals surface area contributed by atoms with Crippen molar-refractivity contribution in [2.24, 2.45) is 5.73 Å². The van der Waals surface area contributed by atoms with Crippen LogP contribution in [0.15, 0.2) is 48.5 Å². The van der Waals surface area contributed by atoms with Crippen LogP contribution in [0, 0.1) is 0 Å². The molecular weight excluding hydrogens is 368 g/mol. The van der Waals surface area contributed by atoms with Crippen molar-refractivity contribution in [1.29, 1.82) is 0 Å². The lowest BCUT2D eigenvalue weighted by Gasteiger charge is -2.37. The first-order valence-electron chi connectivity index (χ1n) is 10.2. The van der Waals surface area contributed by atoms with Crippen molar-refractivity contribution in [1.82, 2.24) is 4.90 Å². The first-order chi connectivity index (χ1) is 14.2. The van der Waals surface area contributed by atoms with Gasteiger partial charge in [0.2, 0.25) is 0 Å². The molecule has 6 nitrogen and oxygen atoms in total. The summed E-state index contributed by atoms with van der Waals surface area (Å²) in [4.78, 5) is 15.5. The molecule has 0 spiro atoms. The average Bonchev–Trinajstić information content (AvgIpc) is 3.26. The van der Waals surface area contributed by atoms with Gasteiger partial charge < -0.3 is 24.8 Å². The fourth-order valence-corrected chi connectivity index (χ4v) is 4.17. The topological polar surface area (TPSA) is 74.0 Å². The Labute approximate surface area is 171 Å². The zero-order chi connectivity index (χ0) is 20.2. The summed E-state index contributed by atoms with van der Waals surface area (Å²) in [5.41, 5.74) is 7.82. The molecule has 0 aliphatic carbocycles. The number of nitrogens with zero attached hydrogens (tertiary/aromatic N) is 1. The molecular formula is C23H28N2O4. The molecule has 1 saturated heterocycles. The van der Waals surface area contributed by atoms with Gasteiger partial charge in [0, 0.05) is 25.1 Å². The molecule has 1 unspecified atom stereocenters. The average molecular weight is 396 g/mol. The lowest BCUT2D eigenvalue weighted by Crippen LogP contribution is -2.43. The summed E-state index contributed by atoms with van der Waals surface area (Å²) < 4.78 is 17.2. The van der Waals surface area contributed by atoms with Crippen LogP contribution < -0.4 is 15.2 Å². The summed E-state index contributed by atoms with van der Waals surface area (Å²) in [6.45, 7) is 1.54. The van der Waals surface area contributed by atoms with E-state index in [1.165, 1.54) is 0 Å². The maximum Gasteiger partial charge on any atom is 0.252 e. The van der Waals surface area contributed by atoms with E-state index < -0.39 is 6.10 Å². The van der Waals surface area contributed by atoms with Crippen LogP contribution in [0.2, 0.25) is 0 Å². The SMILES string of the molecule is COc1ccc2c(c1)C(N(Cc1ccccc1)C(=O)[C@@H]1CC[C@H](CN)O1)CCO2. The van der Waals surface area contributed by atoms with E-state index in [4.69, 9.17) is 19.9 Å². The second-order valence-electron chi connectivity index (χ2n) is 7.57. The van der Waals surface area contributed by atoms with Gasteiger partial charge in [-0.1, -0.05) is 30.3 Å². The normalized spacial score (nSPS) is 23.2. The van der Waals surface area contributed by atoms with Gasteiger partial charge in [-0.3, -0.25) is 4.79 Å². The molecule has 29 heavy (non-hydrogen) atoms. The number of carbonyl (C=O) groups is 1. The second-order valence-corrected chi connectivity index (χ2v) is 7.57. The van der Waals surface area contributed by atoms with Crippen LogP contribution in [0.4, 0.5) is 0 Å². The minimum absolute atomic E-state index is 0.0190. The zero-order valence-electron chi connectivity index (χ0n) is 16.8. The predicted molar refractivity (Wildman–Crippen MR) is 110 cm³/mol. The number of nitrogens with two attached hydrogens (primary N) is 1. The molecule has 4 rings (SSSR count). The highest BCUT2D eigenvalue weighted by atomic mass is 16.5. The molecule has 0 bridgehead atoms. The summed E-state index contributed by atoms with van der Waals surface area (Å²) in [5, 5.41) is 0. The van der Waals surface area contributed by atoms with E-state index in [9.17, 15) is 4.79 Å². The summed E-state index contributed by atoms with van der Waals surface area (Å²) in [6, 6.07) is 15.7. The van der Waals surface area contributed by atoms with Gasteiger partial charge in [-0.15, -0.1) is 0 Å². The third-order valence-corrected chi connectivity index (χ3v) is 5.73. The molecule has 2 N–H and O–H groups in total. The molecule has 154 valence electrons. The van der Waals surface area contributed by atoms with E-state index in [0.29, 0.717) is 26.1 Å². The van der Waals surface area contributed by atoms with Crippen molar-refractivity contribution in [3.05, 3.63) is 59.7 Å². The van der Waals surface area contributed by atoms with Crippen molar-refractivity contribution in [3.8, 4) is 11.5 Å². The van der Waals surface area contributed by atoms with Crippen LogP contribution in [0.3, 0.4) is 0 Å². The van der Waals surface area contributed by atoms with E-state index in [0.717, 1.165) is 35.5 Å². The highest BCUT2D eigenvalue weighted by molar-refractivity contribution is 5.82. The van der Waals surface area contributed by atoms with Crippen molar-refractivity contribution < 1.29 is 19.0 Å². The van der Waals surface area contributed by atoms with Crippen molar-refractivity contribution in [3.63, 3.8) is 0 Å². The Morgan fingerprint density at radius 2 is 2.00 bits per heavy atom. The molecule has 2 aromatic rings. The molecule has 1 fully saturated rings. The monoisotopic (exact) mass is 396 g/mol. The van der Waals surface area contributed by atoms with Crippen LogP contribution in [-0.4, -0.2) is 43.3 Å². The van der Waals surface area contributed by atoms with Gasteiger partial charge >= 0.3 is 0 Å². The largest absolute Gasteiger partial charge is 0.497 e. The molecule has 0 radical (unpaired) electrons. The molecule has 1 amide bonds. The van der Waals surface area contributed by atoms with E-state index >= 15 is 0 Å². The number of carbonyl (C=O) groups excluding carboxylic acids is 1. The van der Waals surface area contributed by atoms with Gasteiger partial charge in [0.05, 0.1) is 25.9 Å². The summed E-state index contributed by atoms with van der Waals surface area (Å²) in [7, 11) is 1.65. The number of fused-ring (bicyclic) bond motifs is 1. The first-order valence-corrected chi connectivity index (χ1v) is 10.2. The van der Waals surface area contributed by atoms with Gasteiger partial charge in [-0.2, -0.15) is 0 Å². The van der Waals surface area contributed by atoms with Crippen molar-refractivity contribution in [2.45, 2.75) is 44.1 Å². The lowest BCUT2D eigenvalue weighted by atomic mass is 9.97. The third-order valence-electron chi connectivity index (χ3n) is 5.73. The molecule has 2 aliphatic heterocycles. The maximum absolute atomic E-state index is 13.6.